The van der Waals surface area contributed by atoms with Crippen LogP contribution in [-0.4, -0.2) is 74.8 Å². The number of nitrogens with zero attached hydrogens (tertiary/aromatic N) is 4. The van der Waals surface area contributed by atoms with Gasteiger partial charge in [-0.05, 0) is 42.9 Å². The molecule has 2 aliphatic rings. The number of hydrogen-bond acceptors (Lipinski definition) is 5. The van der Waals surface area contributed by atoms with Gasteiger partial charge in [0.25, 0.3) is 0 Å². The van der Waals surface area contributed by atoms with Crippen molar-refractivity contribution in [3.63, 3.8) is 0 Å². The third kappa shape index (κ3) is 5.48. The summed E-state index contributed by atoms with van der Waals surface area (Å²) < 4.78 is 10.9. The first-order valence-electron chi connectivity index (χ1n) is 10.9. The Balaban J connectivity index is 1.29. The number of hydrogen-bond donors (Lipinski definition) is 1. The summed E-state index contributed by atoms with van der Waals surface area (Å²) in [6.45, 7) is 6.91. The van der Waals surface area contributed by atoms with E-state index in [1.807, 2.05) is 13.1 Å². The van der Waals surface area contributed by atoms with E-state index in [1.165, 1.54) is 16.7 Å². The lowest BCUT2D eigenvalue weighted by Crippen LogP contribution is -2.52. The van der Waals surface area contributed by atoms with Crippen LogP contribution in [0, 0.1) is 0 Å². The molecule has 1 saturated heterocycles. The lowest BCUT2D eigenvalue weighted by Gasteiger charge is -2.36. The van der Waals surface area contributed by atoms with Crippen molar-refractivity contribution in [2.24, 2.45) is 4.99 Å². The van der Waals surface area contributed by atoms with Crippen LogP contribution in [0.4, 0.5) is 0 Å². The second-order valence-electron chi connectivity index (χ2n) is 8.36. The highest BCUT2D eigenvalue weighted by atomic mass is 16.7. The van der Waals surface area contributed by atoms with Crippen LogP contribution in [-0.2, 0) is 19.6 Å². The molecule has 4 rings (SSSR count). The molecule has 2 aromatic carbocycles. The maximum atomic E-state index is 5.51. The van der Waals surface area contributed by atoms with Crippen LogP contribution >= 0.6 is 0 Å². The zero-order chi connectivity index (χ0) is 21.6. The number of ether oxygens (including phenoxy) is 2. The molecule has 0 aliphatic carbocycles. The van der Waals surface area contributed by atoms with E-state index in [9.17, 15) is 0 Å². The number of guanidine groups is 1. The highest BCUT2D eigenvalue weighted by Crippen LogP contribution is 2.32. The number of aliphatic imine (C=N–C) groups is 1. The molecule has 7 heteroatoms. The van der Waals surface area contributed by atoms with Gasteiger partial charge in [-0.1, -0.05) is 30.3 Å². The van der Waals surface area contributed by atoms with Gasteiger partial charge in [-0.3, -0.25) is 9.89 Å². The number of fused-ring (bicyclic) bond motifs is 1. The predicted octanol–water partition coefficient (Wildman–Crippen LogP) is 2.37. The van der Waals surface area contributed by atoms with E-state index in [2.05, 4.69) is 75.5 Å². The van der Waals surface area contributed by atoms with Gasteiger partial charge in [0.2, 0.25) is 6.79 Å². The first-order chi connectivity index (χ1) is 15.1. The second-order valence-corrected chi connectivity index (χ2v) is 8.36. The molecule has 1 N–H and O–H groups in total. The number of nitrogens with one attached hydrogen (secondary N) is 1. The molecule has 1 fully saturated rings. The molecule has 0 saturated carbocycles. The maximum absolute atomic E-state index is 5.51. The minimum Gasteiger partial charge on any atom is -0.454 e. The fourth-order valence-corrected chi connectivity index (χ4v) is 4.15. The molecule has 2 aromatic rings. The summed E-state index contributed by atoms with van der Waals surface area (Å²) in [5.41, 5.74) is 3.93. The zero-order valence-electron chi connectivity index (χ0n) is 18.8. The third-order valence-electron chi connectivity index (χ3n) is 5.77. The molecule has 0 unspecified atom stereocenters. The van der Waals surface area contributed by atoms with E-state index >= 15 is 0 Å². The van der Waals surface area contributed by atoms with E-state index in [0.29, 0.717) is 6.79 Å². The molecular weight excluding hydrogens is 390 g/mol. The monoisotopic (exact) mass is 423 g/mol. The first kappa shape index (κ1) is 21.5. The Hall–Kier alpha value is -2.77. The van der Waals surface area contributed by atoms with E-state index in [-0.39, 0.29) is 0 Å². The summed E-state index contributed by atoms with van der Waals surface area (Å²) in [5, 5.41) is 3.57. The molecule has 0 atom stereocenters. The topological polar surface area (TPSA) is 52.6 Å². The van der Waals surface area contributed by atoms with E-state index in [1.54, 1.807) is 0 Å². The van der Waals surface area contributed by atoms with E-state index < -0.39 is 0 Å². The van der Waals surface area contributed by atoms with Gasteiger partial charge in [-0.25, -0.2) is 0 Å². The van der Waals surface area contributed by atoms with E-state index in [0.717, 1.165) is 63.3 Å². The van der Waals surface area contributed by atoms with Gasteiger partial charge < -0.3 is 24.6 Å². The number of piperazine rings is 1. The van der Waals surface area contributed by atoms with Crippen molar-refractivity contribution in [1.29, 1.82) is 0 Å². The Morgan fingerprint density at radius 1 is 1.00 bits per heavy atom. The van der Waals surface area contributed by atoms with Crippen molar-refractivity contribution in [1.82, 2.24) is 20.0 Å². The van der Waals surface area contributed by atoms with Crippen LogP contribution in [0.3, 0.4) is 0 Å². The maximum Gasteiger partial charge on any atom is 0.231 e. The lowest BCUT2D eigenvalue weighted by atomic mass is 10.1. The van der Waals surface area contributed by atoms with E-state index in [4.69, 9.17) is 9.47 Å². The van der Waals surface area contributed by atoms with Crippen LogP contribution in [0.5, 0.6) is 11.5 Å². The minimum atomic E-state index is 0.323. The molecular formula is C24H33N5O2. The number of benzene rings is 2. The second kappa shape index (κ2) is 10.0. The van der Waals surface area contributed by atoms with Crippen molar-refractivity contribution < 1.29 is 9.47 Å². The summed E-state index contributed by atoms with van der Waals surface area (Å²) in [6, 6.07) is 14.8. The summed E-state index contributed by atoms with van der Waals surface area (Å²) in [4.78, 5) is 11.6. The molecule has 0 aromatic heterocycles. The molecule has 31 heavy (non-hydrogen) atoms. The summed E-state index contributed by atoms with van der Waals surface area (Å²) in [5.74, 6) is 2.67. The molecule has 0 amide bonds. The SMILES string of the molecule is CN=C(NCc1ccccc1CN(C)C)N1CCN(Cc2ccc3c(c2)OCO3)CC1. The summed E-state index contributed by atoms with van der Waals surface area (Å²) in [7, 11) is 6.07. The quantitative estimate of drug-likeness (QED) is 0.569. The Bertz CT molecular complexity index is 907. The highest BCUT2D eigenvalue weighted by Gasteiger charge is 2.21. The summed E-state index contributed by atoms with van der Waals surface area (Å²) in [6.07, 6.45) is 0. The molecule has 7 nitrogen and oxygen atoms in total. The average Bonchev–Trinajstić information content (AvgIpc) is 3.24. The largest absolute Gasteiger partial charge is 0.454 e. The van der Waals surface area contributed by atoms with Gasteiger partial charge in [0, 0.05) is 52.9 Å². The molecule has 0 radical (unpaired) electrons. The van der Waals surface area contributed by atoms with Crippen molar-refractivity contribution in [2.45, 2.75) is 19.6 Å². The zero-order valence-corrected chi connectivity index (χ0v) is 18.8. The van der Waals surface area contributed by atoms with Crippen molar-refractivity contribution in [3.8, 4) is 11.5 Å². The van der Waals surface area contributed by atoms with Gasteiger partial charge in [-0.2, -0.15) is 0 Å². The normalized spacial score (nSPS) is 16.8. The van der Waals surface area contributed by atoms with Crippen molar-refractivity contribution in [3.05, 3.63) is 59.2 Å². The van der Waals surface area contributed by atoms with Gasteiger partial charge in [0.15, 0.2) is 17.5 Å². The third-order valence-corrected chi connectivity index (χ3v) is 5.77. The van der Waals surface area contributed by atoms with Crippen molar-refractivity contribution in [2.75, 3.05) is 54.1 Å². The summed E-state index contributed by atoms with van der Waals surface area (Å²) >= 11 is 0. The van der Waals surface area contributed by atoms with Crippen LogP contribution in [0.2, 0.25) is 0 Å². The average molecular weight is 424 g/mol. The molecule has 0 bridgehead atoms. The number of rotatable bonds is 6. The first-order valence-corrected chi connectivity index (χ1v) is 10.9. The molecule has 166 valence electrons. The fourth-order valence-electron chi connectivity index (χ4n) is 4.15. The van der Waals surface area contributed by atoms with Gasteiger partial charge in [-0.15, -0.1) is 0 Å². The Morgan fingerprint density at radius 2 is 1.74 bits per heavy atom. The van der Waals surface area contributed by atoms with Gasteiger partial charge in [0.1, 0.15) is 0 Å². The smallest absolute Gasteiger partial charge is 0.231 e. The Labute approximate surface area is 185 Å². The van der Waals surface area contributed by atoms with Crippen LogP contribution in [0.1, 0.15) is 16.7 Å². The Kier molecular flexibility index (Phi) is 6.94. The fraction of sp³-hybridized carbons (Fsp3) is 0.458. The van der Waals surface area contributed by atoms with Crippen LogP contribution in [0.15, 0.2) is 47.5 Å². The lowest BCUT2D eigenvalue weighted by molar-refractivity contribution is 0.171. The Morgan fingerprint density at radius 3 is 2.48 bits per heavy atom. The minimum absolute atomic E-state index is 0.323. The highest BCUT2D eigenvalue weighted by molar-refractivity contribution is 5.80. The van der Waals surface area contributed by atoms with Gasteiger partial charge >= 0.3 is 0 Å². The molecule has 2 heterocycles. The predicted molar refractivity (Wildman–Crippen MR) is 123 cm³/mol. The van der Waals surface area contributed by atoms with Gasteiger partial charge in [0.05, 0.1) is 0 Å². The van der Waals surface area contributed by atoms with Crippen LogP contribution < -0.4 is 14.8 Å². The standard InChI is InChI=1S/C24H33N5O2/c1-25-24(26-15-20-6-4-5-7-21(20)17-27(2)3)29-12-10-28(11-13-29)16-19-8-9-22-23(14-19)31-18-30-22/h4-9,14H,10-13,15-18H2,1-3H3,(H,25,26). The van der Waals surface area contributed by atoms with Crippen LogP contribution in [0.25, 0.3) is 0 Å². The molecule has 2 aliphatic heterocycles. The molecule has 0 spiro atoms. The van der Waals surface area contributed by atoms with Crippen molar-refractivity contribution >= 4 is 5.96 Å².